The fraction of sp³-hybridized carbons (Fsp3) is 0.261. The molecule has 27 heavy (non-hydrogen) atoms. The molecule has 4 heteroatoms. The Morgan fingerprint density at radius 2 is 1.37 bits per heavy atom. The molecular weight excluding hydrogens is 454 g/mol. The van der Waals surface area contributed by atoms with Crippen molar-refractivity contribution >= 4 is 29.2 Å². The molecule has 0 fully saturated rings. The Hall–Kier alpha value is -0.657. The monoisotopic (exact) mass is 475 g/mol. The van der Waals surface area contributed by atoms with Gasteiger partial charge in [-0.15, -0.1) is 0 Å². The van der Waals surface area contributed by atoms with Crippen LogP contribution in [0.15, 0.2) is 60.7 Å². The van der Waals surface area contributed by atoms with Gasteiger partial charge < -0.3 is 5.11 Å². The summed E-state index contributed by atoms with van der Waals surface area (Å²) in [5.74, 6) is 0.740. The van der Waals surface area contributed by atoms with Crippen molar-refractivity contribution in [2.45, 2.75) is 31.6 Å². The fourth-order valence-corrected chi connectivity index (χ4v) is 4.53. The molecule has 1 N–H and O–H groups in total. The normalized spacial score (nSPS) is 21.0. The summed E-state index contributed by atoms with van der Waals surface area (Å²) in [7, 11) is 9.87. The summed E-state index contributed by atoms with van der Waals surface area (Å²) in [6.07, 6.45) is 10.9. The third-order valence-electron chi connectivity index (χ3n) is 5.83. The van der Waals surface area contributed by atoms with Crippen LogP contribution in [0.4, 0.5) is 0 Å². The van der Waals surface area contributed by atoms with Crippen LogP contribution in [0.1, 0.15) is 53.9 Å². The van der Waals surface area contributed by atoms with Crippen molar-refractivity contribution in [1.29, 1.82) is 0 Å². The zero-order valence-electron chi connectivity index (χ0n) is 15.3. The average molecular weight is 478 g/mol. The van der Waals surface area contributed by atoms with Gasteiger partial charge in [0.2, 0.25) is 0 Å². The molecule has 2 unspecified atom stereocenters. The molecule has 0 saturated heterocycles. The molecular formula is C23H23Cl2OZr-. The Balaban J connectivity index is 0.000000659. The van der Waals surface area contributed by atoms with Crippen LogP contribution in [0.25, 0.3) is 12.2 Å². The first-order valence-electron chi connectivity index (χ1n) is 9.12. The minimum atomic E-state index is -0.826. The minimum absolute atomic E-state index is 0.0332. The number of aliphatic hydroxyl groups excluding tert-OH is 1. The van der Waals surface area contributed by atoms with Gasteiger partial charge in [-0.1, -0.05) is 86.2 Å². The summed E-state index contributed by atoms with van der Waals surface area (Å²) >= 11 is -0.826. The Kier molecular flexibility index (Phi) is 7.57. The van der Waals surface area contributed by atoms with Crippen molar-refractivity contribution in [3.05, 3.63) is 89.5 Å². The first-order valence-corrected chi connectivity index (χ1v) is 15.4. The number of aliphatic hydroxyl groups is 1. The molecule has 0 aliphatic heterocycles. The molecule has 140 valence electrons. The van der Waals surface area contributed by atoms with Gasteiger partial charge in [0.15, 0.2) is 0 Å². The van der Waals surface area contributed by atoms with E-state index in [9.17, 15) is 5.11 Å². The van der Waals surface area contributed by atoms with E-state index in [1.165, 1.54) is 28.9 Å². The second kappa shape index (κ2) is 9.70. The maximum atomic E-state index is 9.34. The van der Waals surface area contributed by atoms with Gasteiger partial charge in [-0.25, -0.2) is 6.61 Å². The molecule has 2 aromatic rings. The molecule has 2 atom stereocenters. The van der Waals surface area contributed by atoms with Crippen LogP contribution < -0.4 is 0 Å². The topological polar surface area (TPSA) is 20.2 Å². The van der Waals surface area contributed by atoms with Gasteiger partial charge >= 0.3 is 37.9 Å². The van der Waals surface area contributed by atoms with Crippen molar-refractivity contribution in [2.24, 2.45) is 5.41 Å². The molecule has 0 bridgehead atoms. The summed E-state index contributed by atoms with van der Waals surface area (Å²) in [5, 5.41) is 9.34. The van der Waals surface area contributed by atoms with Gasteiger partial charge in [-0.2, -0.15) is 6.42 Å². The molecule has 4 rings (SSSR count). The van der Waals surface area contributed by atoms with E-state index in [2.05, 4.69) is 79.8 Å². The predicted molar refractivity (Wildman–Crippen MR) is 112 cm³/mol. The van der Waals surface area contributed by atoms with Gasteiger partial charge in [0.25, 0.3) is 0 Å². The van der Waals surface area contributed by atoms with E-state index < -0.39 is 20.8 Å². The average Bonchev–Trinajstić information content (AvgIpc) is 3.32. The molecule has 2 aliphatic carbocycles. The molecule has 0 saturated carbocycles. The molecule has 1 nitrogen and oxygen atoms in total. The van der Waals surface area contributed by atoms with Crippen molar-refractivity contribution in [3.8, 4) is 0 Å². The second-order valence-electron chi connectivity index (χ2n) is 7.23. The molecule has 2 aromatic carbocycles. The van der Waals surface area contributed by atoms with Crippen molar-refractivity contribution in [2.75, 3.05) is 0 Å². The third kappa shape index (κ3) is 4.35. The van der Waals surface area contributed by atoms with Gasteiger partial charge in [-0.05, 0) is 27.7 Å². The number of hydrogen-bond acceptors (Lipinski definition) is 1. The van der Waals surface area contributed by atoms with Crippen LogP contribution >= 0.6 is 17.0 Å². The standard InChI is InChI=1S/C23H23O.2ClH.Zr/c1-23(15-6-16-24,21-13-11-17-7-2-4-9-19(17)21)22-14-12-18-8-3-5-10-20(18)22;;;/h2-5,7-14,16,21-22,24H,6,15H2,1H3;2*1H;/q-1;;;+2/p-2. The quantitative estimate of drug-likeness (QED) is 0.448. The zero-order valence-corrected chi connectivity index (χ0v) is 19.2. The summed E-state index contributed by atoms with van der Waals surface area (Å²) in [6, 6.07) is 17.4. The predicted octanol–water partition coefficient (Wildman–Crippen LogP) is 7.30. The van der Waals surface area contributed by atoms with Crippen molar-refractivity contribution < 1.29 is 26.0 Å². The molecule has 2 aliphatic rings. The fourth-order valence-electron chi connectivity index (χ4n) is 4.53. The van der Waals surface area contributed by atoms with E-state index in [0.29, 0.717) is 11.8 Å². The number of fused-ring (bicyclic) bond motifs is 2. The molecule has 0 spiro atoms. The van der Waals surface area contributed by atoms with E-state index in [4.69, 9.17) is 17.0 Å². The van der Waals surface area contributed by atoms with E-state index in [-0.39, 0.29) is 5.41 Å². The van der Waals surface area contributed by atoms with Crippen molar-refractivity contribution in [3.63, 3.8) is 0 Å². The van der Waals surface area contributed by atoms with Gasteiger partial charge in [0, 0.05) is 11.8 Å². The maximum absolute atomic E-state index is 9.34. The molecule has 0 heterocycles. The second-order valence-corrected chi connectivity index (χ2v) is 11.0. The Labute approximate surface area is 180 Å². The Bertz CT molecular complexity index is 769. The third-order valence-corrected chi connectivity index (χ3v) is 5.83. The van der Waals surface area contributed by atoms with Crippen LogP contribution in [0.2, 0.25) is 0 Å². The molecule has 0 amide bonds. The van der Waals surface area contributed by atoms with Crippen LogP contribution in [0, 0.1) is 12.0 Å². The Morgan fingerprint density at radius 1 is 0.926 bits per heavy atom. The first kappa shape index (κ1) is 21.1. The van der Waals surface area contributed by atoms with Gasteiger partial charge in [-0.3, -0.25) is 0 Å². The zero-order chi connectivity index (χ0) is 19.3. The number of hydrogen-bond donors (Lipinski definition) is 1. The number of rotatable bonds is 5. The summed E-state index contributed by atoms with van der Waals surface area (Å²) in [4.78, 5) is 0. The van der Waals surface area contributed by atoms with E-state index in [0.717, 1.165) is 12.8 Å². The van der Waals surface area contributed by atoms with Gasteiger partial charge in [0.05, 0.1) is 0 Å². The first-order chi connectivity index (χ1) is 13.2. The van der Waals surface area contributed by atoms with Crippen LogP contribution in [-0.2, 0) is 20.8 Å². The number of allylic oxidation sites excluding steroid dienone is 2. The van der Waals surface area contributed by atoms with E-state index in [1.54, 1.807) is 0 Å². The van der Waals surface area contributed by atoms with E-state index in [1.807, 2.05) is 0 Å². The summed E-state index contributed by atoms with van der Waals surface area (Å²) < 4.78 is 0. The molecule has 0 aromatic heterocycles. The number of halogens is 2. The Morgan fingerprint density at radius 3 is 1.81 bits per heavy atom. The number of benzene rings is 2. The SMILES string of the molecule is CC(CC[CH-]O)(C1C=Cc2ccccc21)C1C=Cc2ccccc21.[Cl][Zr][Cl]. The van der Waals surface area contributed by atoms with Crippen LogP contribution in [0.3, 0.4) is 0 Å². The van der Waals surface area contributed by atoms with Crippen LogP contribution in [0.5, 0.6) is 0 Å². The van der Waals surface area contributed by atoms with Crippen molar-refractivity contribution in [1.82, 2.24) is 0 Å². The van der Waals surface area contributed by atoms with E-state index >= 15 is 0 Å². The summed E-state index contributed by atoms with van der Waals surface area (Å²) in [6.45, 7) is 3.69. The molecule has 0 radical (unpaired) electrons. The van der Waals surface area contributed by atoms with Crippen LogP contribution in [-0.4, -0.2) is 5.11 Å². The van der Waals surface area contributed by atoms with Gasteiger partial charge in [0.1, 0.15) is 0 Å². The summed E-state index contributed by atoms with van der Waals surface area (Å²) in [5.41, 5.74) is 5.52.